The molecule has 3 aromatic rings. The van der Waals surface area contributed by atoms with Gasteiger partial charge in [-0.2, -0.15) is 18.2 Å². The summed E-state index contributed by atoms with van der Waals surface area (Å²) in [4.78, 5) is 13.8. The Hall–Kier alpha value is -3.69. The predicted octanol–water partition coefficient (Wildman–Crippen LogP) is 4.93. The van der Waals surface area contributed by atoms with E-state index in [2.05, 4.69) is 15.0 Å². The highest BCUT2D eigenvalue weighted by atomic mass is 19.4. The molecule has 2 aliphatic rings. The lowest BCUT2D eigenvalue weighted by Crippen LogP contribution is -2.38. The highest BCUT2D eigenvalue weighted by molar-refractivity contribution is 5.94. The van der Waals surface area contributed by atoms with Crippen molar-refractivity contribution < 1.29 is 22.3 Å². The number of alkyl halides is 3. The van der Waals surface area contributed by atoms with Crippen molar-refractivity contribution in [1.29, 1.82) is 0 Å². The zero-order valence-corrected chi connectivity index (χ0v) is 16.6. The van der Waals surface area contributed by atoms with Gasteiger partial charge in [0.05, 0.1) is 11.7 Å². The molecular weight excluding hydrogens is 426 g/mol. The van der Waals surface area contributed by atoms with Crippen molar-refractivity contribution in [3.8, 4) is 0 Å². The van der Waals surface area contributed by atoms with Gasteiger partial charge in [-0.15, -0.1) is 0 Å². The highest BCUT2D eigenvalue weighted by Gasteiger charge is 2.38. The first kappa shape index (κ1) is 20.2. The van der Waals surface area contributed by atoms with Crippen LogP contribution in [-0.2, 0) is 23.9 Å². The minimum atomic E-state index is -4.64. The summed E-state index contributed by atoms with van der Waals surface area (Å²) in [5.41, 5.74) is 8.18. The Kier molecular flexibility index (Phi) is 4.72. The molecule has 1 aliphatic carbocycles. The lowest BCUT2D eigenvalue weighted by atomic mass is 10.1. The molecule has 10 heteroatoms. The van der Waals surface area contributed by atoms with Crippen LogP contribution in [-0.4, -0.2) is 16.0 Å². The van der Waals surface area contributed by atoms with Crippen molar-refractivity contribution in [2.75, 3.05) is 10.6 Å². The van der Waals surface area contributed by atoms with Crippen molar-refractivity contribution in [2.45, 2.75) is 31.7 Å². The summed E-state index contributed by atoms with van der Waals surface area (Å²) in [6.07, 6.45) is -2.53. The SMILES string of the molecule is Nc1ccc2c(c1)COC(N(c1nccc(C(F)(F)F)n1)C1CCc3cc(F)ccc31)=N2. The maximum Gasteiger partial charge on any atom is 0.433 e. The van der Waals surface area contributed by atoms with Crippen LogP contribution in [0.15, 0.2) is 53.7 Å². The Morgan fingerprint density at radius 1 is 1.06 bits per heavy atom. The minimum Gasteiger partial charge on any atom is -0.460 e. The molecule has 1 unspecified atom stereocenters. The normalized spacial score (nSPS) is 17.2. The number of hydrogen-bond acceptors (Lipinski definition) is 6. The van der Waals surface area contributed by atoms with Gasteiger partial charge < -0.3 is 10.5 Å². The van der Waals surface area contributed by atoms with Gasteiger partial charge in [0.1, 0.15) is 18.1 Å². The van der Waals surface area contributed by atoms with E-state index in [1.165, 1.54) is 17.0 Å². The van der Waals surface area contributed by atoms with E-state index in [1.807, 2.05) is 0 Å². The Morgan fingerprint density at radius 2 is 1.91 bits per heavy atom. The first-order chi connectivity index (χ1) is 15.3. The van der Waals surface area contributed by atoms with Crippen LogP contribution in [0.25, 0.3) is 0 Å². The molecule has 0 bridgehead atoms. The molecule has 2 aromatic carbocycles. The number of fused-ring (bicyclic) bond motifs is 2. The Morgan fingerprint density at radius 3 is 2.72 bits per heavy atom. The van der Waals surface area contributed by atoms with Gasteiger partial charge in [-0.05, 0) is 60.4 Å². The zero-order chi connectivity index (χ0) is 22.5. The number of aromatic nitrogens is 2. The van der Waals surface area contributed by atoms with Crippen LogP contribution >= 0.6 is 0 Å². The van der Waals surface area contributed by atoms with Gasteiger partial charge in [0.25, 0.3) is 0 Å². The first-order valence-electron chi connectivity index (χ1n) is 9.87. The molecule has 164 valence electrons. The summed E-state index contributed by atoms with van der Waals surface area (Å²) >= 11 is 0. The van der Waals surface area contributed by atoms with E-state index >= 15 is 0 Å². The van der Waals surface area contributed by atoms with E-state index in [-0.39, 0.29) is 24.4 Å². The summed E-state index contributed by atoms with van der Waals surface area (Å²) < 4.78 is 59.6. The van der Waals surface area contributed by atoms with Gasteiger partial charge in [-0.1, -0.05) is 6.07 Å². The van der Waals surface area contributed by atoms with Crippen LogP contribution in [0.4, 0.5) is 34.9 Å². The molecule has 0 saturated heterocycles. The second-order valence-electron chi connectivity index (χ2n) is 7.58. The minimum absolute atomic E-state index is 0.0729. The van der Waals surface area contributed by atoms with E-state index in [9.17, 15) is 17.6 Å². The lowest BCUT2D eigenvalue weighted by molar-refractivity contribution is -0.141. The largest absolute Gasteiger partial charge is 0.460 e. The van der Waals surface area contributed by atoms with E-state index in [1.54, 1.807) is 24.3 Å². The number of nitrogen functional groups attached to an aromatic ring is 1. The van der Waals surface area contributed by atoms with Gasteiger partial charge in [-0.3, -0.25) is 4.90 Å². The zero-order valence-electron chi connectivity index (χ0n) is 16.6. The molecule has 0 spiro atoms. The smallest absolute Gasteiger partial charge is 0.433 e. The summed E-state index contributed by atoms with van der Waals surface area (Å²) in [6.45, 7) is 0.137. The fourth-order valence-corrected chi connectivity index (χ4v) is 4.04. The molecule has 0 amide bonds. The van der Waals surface area contributed by atoms with Gasteiger partial charge in [0.15, 0.2) is 0 Å². The molecule has 1 aliphatic heterocycles. The van der Waals surface area contributed by atoms with E-state index in [0.29, 0.717) is 24.2 Å². The van der Waals surface area contributed by atoms with Crippen LogP contribution in [0.3, 0.4) is 0 Å². The summed E-state index contributed by atoms with van der Waals surface area (Å²) in [7, 11) is 0. The van der Waals surface area contributed by atoms with Crippen molar-refractivity contribution in [3.63, 3.8) is 0 Å². The molecule has 5 rings (SSSR count). The predicted molar refractivity (Wildman–Crippen MR) is 110 cm³/mol. The average molecular weight is 443 g/mol. The molecule has 0 fully saturated rings. The fraction of sp³-hybridized carbons (Fsp3) is 0.227. The van der Waals surface area contributed by atoms with Gasteiger partial charge in [-0.25, -0.2) is 14.4 Å². The standard InChI is InChI=1S/C22H17F4N5O/c23-14-2-4-16-12(9-14)1-6-18(16)31(20-28-8-7-19(30-20)22(24,25)26)21-29-17-5-3-15(27)10-13(17)11-32-21/h2-5,7-10,18H,1,6,11,27H2. The first-order valence-corrected chi connectivity index (χ1v) is 9.87. The molecule has 1 atom stereocenters. The van der Waals surface area contributed by atoms with E-state index in [0.717, 1.165) is 29.0 Å². The number of aliphatic imine (C=N–C) groups is 1. The number of nitrogens with zero attached hydrogens (tertiary/aromatic N) is 4. The third-order valence-corrected chi connectivity index (χ3v) is 5.49. The molecule has 0 saturated carbocycles. The van der Waals surface area contributed by atoms with Crippen molar-refractivity contribution in [1.82, 2.24) is 9.97 Å². The Labute approximate surface area is 180 Å². The Balaban J connectivity index is 1.64. The molecule has 1 aromatic heterocycles. The number of halogens is 4. The van der Waals surface area contributed by atoms with Gasteiger partial charge >= 0.3 is 12.2 Å². The maximum absolute atomic E-state index is 13.7. The van der Waals surface area contributed by atoms with Crippen LogP contribution in [0.1, 0.15) is 34.8 Å². The number of amidine groups is 1. The number of anilines is 2. The maximum atomic E-state index is 13.7. The van der Waals surface area contributed by atoms with Crippen molar-refractivity contribution in [3.05, 3.63) is 76.9 Å². The number of aryl methyl sites for hydroxylation is 1. The molecule has 2 N–H and O–H groups in total. The van der Waals surface area contributed by atoms with Crippen LogP contribution in [0, 0.1) is 5.82 Å². The van der Waals surface area contributed by atoms with Crippen molar-refractivity contribution in [2.24, 2.45) is 4.99 Å². The quantitative estimate of drug-likeness (QED) is 0.449. The number of benzene rings is 2. The lowest BCUT2D eigenvalue weighted by Gasteiger charge is -2.32. The summed E-state index contributed by atoms with van der Waals surface area (Å²) in [5.74, 6) is -0.566. The fourth-order valence-electron chi connectivity index (χ4n) is 4.04. The molecule has 0 radical (unpaired) electrons. The third-order valence-electron chi connectivity index (χ3n) is 5.49. The number of nitrogens with two attached hydrogens (primary N) is 1. The second kappa shape index (κ2) is 7.47. The van der Waals surface area contributed by atoms with Crippen LogP contribution < -0.4 is 10.6 Å². The summed E-state index contributed by atoms with van der Waals surface area (Å²) in [6, 6.07) is 9.93. The van der Waals surface area contributed by atoms with E-state index < -0.39 is 17.9 Å². The number of ether oxygens (including phenoxy) is 1. The van der Waals surface area contributed by atoms with Crippen LogP contribution in [0.5, 0.6) is 0 Å². The molecule has 2 heterocycles. The van der Waals surface area contributed by atoms with Gasteiger partial charge in [0, 0.05) is 17.4 Å². The van der Waals surface area contributed by atoms with Gasteiger partial charge in [0.2, 0.25) is 5.95 Å². The summed E-state index contributed by atoms with van der Waals surface area (Å²) in [5, 5.41) is 0. The second-order valence-corrected chi connectivity index (χ2v) is 7.58. The van der Waals surface area contributed by atoms with Crippen molar-refractivity contribution >= 4 is 23.3 Å². The number of rotatable bonds is 2. The monoisotopic (exact) mass is 443 g/mol. The Bertz CT molecular complexity index is 1230. The number of hydrogen-bond donors (Lipinski definition) is 1. The topological polar surface area (TPSA) is 76.6 Å². The highest BCUT2D eigenvalue weighted by Crippen LogP contribution is 2.40. The molecular formula is C22H17F4N5O. The third kappa shape index (κ3) is 3.61. The van der Waals surface area contributed by atoms with Crippen LogP contribution in [0.2, 0.25) is 0 Å². The van der Waals surface area contributed by atoms with E-state index in [4.69, 9.17) is 10.5 Å². The molecule has 6 nitrogen and oxygen atoms in total. The molecule has 32 heavy (non-hydrogen) atoms. The average Bonchev–Trinajstić information content (AvgIpc) is 3.16.